The SMILES string of the molecule is O=C(O)/C=C/c1ccc(Sc2ccccc2)c(Cl)c1Cl. The smallest absolute Gasteiger partial charge is 0.328 e. The van der Waals surface area contributed by atoms with E-state index in [1.165, 1.54) is 17.8 Å². The van der Waals surface area contributed by atoms with E-state index < -0.39 is 5.97 Å². The van der Waals surface area contributed by atoms with E-state index in [1.807, 2.05) is 36.4 Å². The summed E-state index contributed by atoms with van der Waals surface area (Å²) in [7, 11) is 0. The first-order valence-corrected chi connectivity index (χ1v) is 7.27. The number of hydrogen-bond acceptors (Lipinski definition) is 2. The van der Waals surface area contributed by atoms with Crippen molar-refractivity contribution in [3.63, 3.8) is 0 Å². The molecule has 1 N–H and O–H groups in total. The van der Waals surface area contributed by atoms with Gasteiger partial charge in [0.2, 0.25) is 0 Å². The van der Waals surface area contributed by atoms with E-state index in [1.54, 1.807) is 6.07 Å². The fourth-order valence-corrected chi connectivity index (χ4v) is 2.98. The van der Waals surface area contributed by atoms with Crippen molar-refractivity contribution in [1.29, 1.82) is 0 Å². The summed E-state index contributed by atoms with van der Waals surface area (Å²) in [4.78, 5) is 12.4. The molecular formula is C15H10Cl2O2S. The molecule has 0 amide bonds. The van der Waals surface area contributed by atoms with Crippen molar-refractivity contribution in [2.45, 2.75) is 9.79 Å². The molecule has 0 aliphatic rings. The molecule has 102 valence electrons. The van der Waals surface area contributed by atoms with Crippen LogP contribution in [0.2, 0.25) is 10.0 Å². The van der Waals surface area contributed by atoms with Crippen LogP contribution in [0.15, 0.2) is 58.3 Å². The first-order chi connectivity index (χ1) is 9.58. The third-order valence-electron chi connectivity index (χ3n) is 2.45. The van der Waals surface area contributed by atoms with Crippen LogP contribution in [-0.4, -0.2) is 11.1 Å². The van der Waals surface area contributed by atoms with E-state index in [-0.39, 0.29) is 0 Å². The van der Waals surface area contributed by atoms with Gasteiger partial charge >= 0.3 is 5.97 Å². The largest absolute Gasteiger partial charge is 0.478 e. The van der Waals surface area contributed by atoms with Gasteiger partial charge in [0.25, 0.3) is 0 Å². The molecule has 0 saturated heterocycles. The molecule has 0 aliphatic carbocycles. The number of hydrogen-bond donors (Lipinski definition) is 1. The Hall–Kier alpha value is -1.42. The molecule has 5 heteroatoms. The van der Waals surface area contributed by atoms with Crippen LogP contribution in [0.5, 0.6) is 0 Å². The number of carbonyl (C=O) groups is 1. The lowest BCUT2D eigenvalue weighted by Gasteiger charge is -2.08. The van der Waals surface area contributed by atoms with Crippen LogP contribution in [0.25, 0.3) is 6.08 Å². The van der Waals surface area contributed by atoms with Crippen LogP contribution in [0, 0.1) is 0 Å². The Morgan fingerprint density at radius 3 is 2.40 bits per heavy atom. The Balaban J connectivity index is 2.29. The van der Waals surface area contributed by atoms with Crippen molar-refractivity contribution in [2.75, 3.05) is 0 Å². The Bertz CT molecular complexity index is 654. The molecule has 2 aromatic carbocycles. The van der Waals surface area contributed by atoms with Crippen molar-refractivity contribution in [3.8, 4) is 0 Å². The summed E-state index contributed by atoms with van der Waals surface area (Å²) in [5.74, 6) is -1.03. The van der Waals surface area contributed by atoms with Gasteiger partial charge in [-0.3, -0.25) is 0 Å². The third-order valence-corrected chi connectivity index (χ3v) is 4.53. The average molecular weight is 325 g/mol. The predicted octanol–water partition coefficient (Wildman–Crippen LogP) is 5.24. The van der Waals surface area contributed by atoms with Crippen molar-refractivity contribution in [3.05, 3.63) is 64.1 Å². The minimum absolute atomic E-state index is 0.352. The van der Waals surface area contributed by atoms with Crippen molar-refractivity contribution >= 4 is 47.0 Å². The Labute approximate surface area is 131 Å². The Kier molecular flexibility index (Phi) is 5.12. The lowest BCUT2D eigenvalue weighted by molar-refractivity contribution is -0.131. The molecule has 0 fully saturated rings. The highest BCUT2D eigenvalue weighted by Gasteiger charge is 2.10. The number of halogens is 2. The first-order valence-electron chi connectivity index (χ1n) is 5.70. The lowest BCUT2D eigenvalue weighted by Crippen LogP contribution is -1.87. The van der Waals surface area contributed by atoms with Crippen LogP contribution < -0.4 is 0 Å². The van der Waals surface area contributed by atoms with Gasteiger partial charge in [-0.05, 0) is 29.8 Å². The predicted molar refractivity (Wildman–Crippen MR) is 83.7 cm³/mol. The summed E-state index contributed by atoms with van der Waals surface area (Å²) in [5.41, 5.74) is 0.580. The van der Waals surface area contributed by atoms with Crippen LogP contribution in [0.3, 0.4) is 0 Å². The molecule has 0 radical (unpaired) electrons. The van der Waals surface area contributed by atoms with Gasteiger partial charge in [-0.15, -0.1) is 0 Å². The van der Waals surface area contributed by atoms with Gasteiger partial charge < -0.3 is 5.11 Å². The number of benzene rings is 2. The quantitative estimate of drug-likeness (QED) is 0.781. The van der Waals surface area contributed by atoms with Crippen LogP contribution in [0.1, 0.15) is 5.56 Å². The Morgan fingerprint density at radius 1 is 1.05 bits per heavy atom. The number of carboxylic acid groups (broad SMARTS) is 1. The van der Waals surface area contributed by atoms with Gasteiger partial charge in [-0.25, -0.2) is 4.79 Å². The maximum atomic E-state index is 10.5. The minimum atomic E-state index is -1.03. The normalized spacial score (nSPS) is 10.9. The van der Waals surface area contributed by atoms with Crippen molar-refractivity contribution < 1.29 is 9.90 Å². The van der Waals surface area contributed by atoms with Gasteiger partial charge in [0, 0.05) is 15.9 Å². The molecule has 2 rings (SSSR count). The van der Waals surface area contributed by atoms with Crippen LogP contribution in [-0.2, 0) is 4.79 Å². The van der Waals surface area contributed by atoms with E-state index in [4.69, 9.17) is 28.3 Å². The molecule has 2 nitrogen and oxygen atoms in total. The van der Waals surface area contributed by atoms with Crippen LogP contribution in [0.4, 0.5) is 0 Å². The van der Waals surface area contributed by atoms with Gasteiger partial charge in [0.15, 0.2) is 0 Å². The zero-order valence-electron chi connectivity index (χ0n) is 10.2. The van der Waals surface area contributed by atoms with Crippen LogP contribution >= 0.6 is 35.0 Å². The molecule has 0 bridgehead atoms. The van der Waals surface area contributed by atoms with E-state index in [0.29, 0.717) is 15.6 Å². The fraction of sp³-hybridized carbons (Fsp3) is 0. The molecule has 0 unspecified atom stereocenters. The van der Waals surface area contributed by atoms with Gasteiger partial charge in [-0.1, -0.05) is 59.2 Å². The maximum Gasteiger partial charge on any atom is 0.328 e. The number of aliphatic carboxylic acids is 1. The van der Waals surface area contributed by atoms with E-state index in [0.717, 1.165) is 15.9 Å². The second kappa shape index (κ2) is 6.84. The number of rotatable bonds is 4. The second-order valence-corrected chi connectivity index (χ2v) is 5.74. The summed E-state index contributed by atoms with van der Waals surface area (Å²) in [6, 6.07) is 13.4. The first kappa shape index (κ1) is 15.0. The van der Waals surface area contributed by atoms with Gasteiger partial charge in [-0.2, -0.15) is 0 Å². The molecule has 20 heavy (non-hydrogen) atoms. The highest BCUT2D eigenvalue weighted by Crippen LogP contribution is 2.39. The molecule has 0 aromatic heterocycles. The molecule has 0 heterocycles. The highest BCUT2D eigenvalue weighted by molar-refractivity contribution is 7.99. The molecule has 0 spiro atoms. The second-order valence-electron chi connectivity index (χ2n) is 3.87. The minimum Gasteiger partial charge on any atom is -0.478 e. The number of carboxylic acids is 1. The lowest BCUT2D eigenvalue weighted by atomic mass is 10.2. The van der Waals surface area contributed by atoms with Crippen molar-refractivity contribution in [2.24, 2.45) is 0 Å². The Morgan fingerprint density at radius 2 is 1.75 bits per heavy atom. The zero-order chi connectivity index (χ0) is 14.5. The third kappa shape index (κ3) is 3.79. The summed E-state index contributed by atoms with van der Waals surface area (Å²) in [6.45, 7) is 0. The fourth-order valence-electron chi connectivity index (χ4n) is 1.53. The van der Waals surface area contributed by atoms with Gasteiger partial charge in [0.05, 0.1) is 10.0 Å². The van der Waals surface area contributed by atoms with Crippen molar-refractivity contribution in [1.82, 2.24) is 0 Å². The zero-order valence-corrected chi connectivity index (χ0v) is 12.5. The van der Waals surface area contributed by atoms with E-state index >= 15 is 0 Å². The molecular weight excluding hydrogens is 315 g/mol. The standard InChI is InChI=1S/C15H10Cl2O2S/c16-14-10(7-9-13(18)19)6-8-12(15(14)17)20-11-4-2-1-3-5-11/h1-9H,(H,18,19)/b9-7+. The monoisotopic (exact) mass is 324 g/mol. The summed E-state index contributed by atoms with van der Waals surface area (Å²) in [5, 5.41) is 9.39. The molecule has 0 atom stereocenters. The topological polar surface area (TPSA) is 37.3 Å². The molecule has 0 saturated carbocycles. The van der Waals surface area contributed by atoms with E-state index in [2.05, 4.69) is 0 Å². The molecule has 2 aromatic rings. The van der Waals surface area contributed by atoms with Gasteiger partial charge in [0.1, 0.15) is 0 Å². The highest BCUT2D eigenvalue weighted by atomic mass is 35.5. The maximum absolute atomic E-state index is 10.5. The average Bonchev–Trinajstić information content (AvgIpc) is 2.44. The summed E-state index contributed by atoms with van der Waals surface area (Å²) in [6.07, 6.45) is 2.45. The molecule has 0 aliphatic heterocycles. The summed E-state index contributed by atoms with van der Waals surface area (Å²) >= 11 is 13.9. The summed E-state index contributed by atoms with van der Waals surface area (Å²) < 4.78 is 0. The van der Waals surface area contributed by atoms with E-state index in [9.17, 15) is 4.79 Å².